The van der Waals surface area contributed by atoms with Crippen LogP contribution < -0.4 is 9.47 Å². The summed E-state index contributed by atoms with van der Waals surface area (Å²) in [5, 5.41) is 0.308. The lowest BCUT2D eigenvalue weighted by Crippen LogP contribution is -2.08. The smallest absolute Gasteiger partial charge is 0.321 e. The Balaban J connectivity index is 2.88. The molecular weight excluding hydrogens is 192 g/mol. The van der Waals surface area contributed by atoms with Gasteiger partial charge in [0.15, 0.2) is 0 Å². The van der Waals surface area contributed by atoms with Crippen molar-refractivity contribution < 1.29 is 9.47 Å². The zero-order valence-corrected chi connectivity index (χ0v) is 8.50. The number of halogens is 1. The molecule has 1 heterocycles. The molecule has 0 amide bonds. The zero-order valence-electron chi connectivity index (χ0n) is 7.74. The van der Waals surface area contributed by atoms with Gasteiger partial charge in [-0.15, -0.1) is 0 Å². The molecule has 1 aromatic heterocycles. The van der Waals surface area contributed by atoms with Crippen molar-refractivity contribution in [1.82, 2.24) is 9.97 Å². The summed E-state index contributed by atoms with van der Waals surface area (Å²) in [6, 6.07) is 1.76. The van der Waals surface area contributed by atoms with Gasteiger partial charge in [0, 0.05) is 6.07 Å². The van der Waals surface area contributed by atoms with Crippen LogP contribution in [0, 0.1) is 0 Å². The van der Waals surface area contributed by atoms with Crippen molar-refractivity contribution in [1.29, 1.82) is 0 Å². The van der Waals surface area contributed by atoms with Crippen molar-refractivity contribution in [2.24, 2.45) is 0 Å². The summed E-state index contributed by atoms with van der Waals surface area (Å²) in [4.78, 5) is 7.83. The van der Waals surface area contributed by atoms with Gasteiger partial charge in [-0.25, -0.2) is 0 Å². The number of hydrogen-bond acceptors (Lipinski definition) is 4. The Morgan fingerprint density at radius 2 is 2.08 bits per heavy atom. The first-order chi connectivity index (χ1) is 6.11. The van der Waals surface area contributed by atoms with Crippen LogP contribution in [0.1, 0.15) is 13.8 Å². The topological polar surface area (TPSA) is 44.2 Å². The van der Waals surface area contributed by atoms with E-state index in [1.807, 2.05) is 13.8 Å². The van der Waals surface area contributed by atoms with E-state index in [1.165, 1.54) is 13.2 Å². The fraction of sp³-hybridized carbons (Fsp3) is 0.500. The van der Waals surface area contributed by atoms with E-state index in [9.17, 15) is 0 Å². The second-order valence-corrected chi connectivity index (χ2v) is 3.07. The van der Waals surface area contributed by atoms with E-state index in [4.69, 9.17) is 21.1 Å². The maximum absolute atomic E-state index is 5.70. The van der Waals surface area contributed by atoms with Gasteiger partial charge in [-0.3, -0.25) is 0 Å². The Morgan fingerprint density at radius 1 is 1.38 bits per heavy atom. The summed E-state index contributed by atoms with van der Waals surface area (Å²) in [5.74, 6) is 0.399. The van der Waals surface area contributed by atoms with Crippen molar-refractivity contribution in [2.45, 2.75) is 20.0 Å². The zero-order chi connectivity index (χ0) is 9.84. The predicted molar refractivity (Wildman–Crippen MR) is 49.4 cm³/mol. The first-order valence-electron chi connectivity index (χ1n) is 3.87. The molecule has 0 fully saturated rings. The molecule has 0 N–H and O–H groups in total. The summed E-state index contributed by atoms with van der Waals surface area (Å²) in [5.41, 5.74) is 0. The minimum atomic E-state index is 0.0168. The molecule has 0 spiro atoms. The number of nitrogens with zero attached hydrogens (tertiary/aromatic N) is 2. The van der Waals surface area contributed by atoms with Gasteiger partial charge in [-0.05, 0) is 13.8 Å². The minimum absolute atomic E-state index is 0.0168. The second-order valence-electron chi connectivity index (χ2n) is 2.68. The highest BCUT2D eigenvalue weighted by Gasteiger charge is 2.05. The maximum Gasteiger partial charge on any atom is 0.321 e. The van der Waals surface area contributed by atoms with Gasteiger partial charge in [0.1, 0.15) is 5.15 Å². The fourth-order valence-corrected chi connectivity index (χ4v) is 0.911. The number of rotatable bonds is 3. The maximum atomic E-state index is 5.70. The SMILES string of the molecule is COc1cc(Cl)nc(OC(C)C)n1. The lowest BCUT2D eigenvalue weighted by atomic mass is 10.5. The van der Waals surface area contributed by atoms with Crippen LogP contribution in [0.4, 0.5) is 0 Å². The molecule has 0 radical (unpaired) electrons. The van der Waals surface area contributed by atoms with Crippen LogP contribution in [0.25, 0.3) is 0 Å². The monoisotopic (exact) mass is 202 g/mol. The van der Waals surface area contributed by atoms with Gasteiger partial charge in [0.2, 0.25) is 5.88 Å². The van der Waals surface area contributed by atoms with E-state index in [0.717, 1.165) is 0 Å². The number of aromatic nitrogens is 2. The third-order valence-electron chi connectivity index (χ3n) is 1.20. The normalized spacial score (nSPS) is 10.2. The molecule has 72 valence electrons. The highest BCUT2D eigenvalue weighted by molar-refractivity contribution is 6.29. The molecule has 0 aliphatic carbocycles. The molecule has 1 rings (SSSR count). The van der Waals surface area contributed by atoms with Crippen molar-refractivity contribution in [3.63, 3.8) is 0 Å². The van der Waals surface area contributed by atoms with Crippen molar-refractivity contribution in [2.75, 3.05) is 7.11 Å². The third kappa shape index (κ3) is 3.06. The van der Waals surface area contributed by atoms with Crippen LogP contribution in [0.5, 0.6) is 11.9 Å². The molecule has 0 saturated heterocycles. The minimum Gasteiger partial charge on any atom is -0.481 e. The third-order valence-corrected chi connectivity index (χ3v) is 1.39. The molecule has 0 bridgehead atoms. The van der Waals surface area contributed by atoms with Gasteiger partial charge < -0.3 is 9.47 Å². The molecule has 4 nitrogen and oxygen atoms in total. The molecule has 0 aliphatic heterocycles. The number of ether oxygens (including phenoxy) is 2. The van der Waals surface area contributed by atoms with Gasteiger partial charge in [-0.2, -0.15) is 9.97 Å². The van der Waals surface area contributed by atoms with Crippen LogP contribution in [0.15, 0.2) is 6.07 Å². The lowest BCUT2D eigenvalue weighted by molar-refractivity contribution is 0.218. The molecule has 13 heavy (non-hydrogen) atoms. The molecular formula is C8H11ClN2O2. The van der Waals surface area contributed by atoms with E-state index in [-0.39, 0.29) is 12.1 Å². The summed E-state index contributed by atoms with van der Waals surface area (Å²) < 4.78 is 10.2. The van der Waals surface area contributed by atoms with Crippen molar-refractivity contribution >= 4 is 11.6 Å². The largest absolute Gasteiger partial charge is 0.481 e. The first kappa shape index (κ1) is 10.1. The fourth-order valence-electron chi connectivity index (χ4n) is 0.745. The van der Waals surface area contributed by atoms with E-state index in [1.54, 1.807) is 0 Å². The predicted octanol–water partition coefficient (Wildman–Crippen LogP) is 1.93. The van der Waals surface area contributed by atoms with E-state index in [2.05, 4.69) is 9.97 Å². The quantitative estimate of drug-likeness (QED) is 0.703. The number of hydrogen-bond donors (Lipinski definition) is 0. The highest BCUT2D eigenvalue weighted by atomic mass is 35.5. The van der Waals surface area contributed by atoms with Crippen LogP contribution in [0.2, 0.25) is 5.15 Å². The Kier molecular flexibility index (Phi) is 3.31. The van der Waals surface area contributed by atoms with Crippen LogP contribution >= 0.6 is 11.6 Å². The average Bonchev–Trinajstić information content (AvgIpc) is 2.01. The highest BCUT2D eigenvalue weighted by Crippen LogP contribution is 2.17. The van der Waals surface area contributed by atoms with Crippen LogP contribution in [-0.4, -0.2) is 23.2 Å². The molecule has 0 aliphatic rings. The van der Waals surface area contributed by atoms with Gasteiger partial charge in [0.25, 0.3) is 0 Å². The Morgan fingerprint density at radius 3 is 2.62 bits per heavy atom. The molecule has 0 atom stereocenters. The van der Waals surface area contributed by atoms with Crippen molar-refractivity contribution in [3.8, 4) is 11.9 Å². The van der Waals surface area contributed by atoms with E-state index >= 15 is 0 Å². The summed E-state index contributed by atoms with van der Waals surface area (Å²) in [6.07, 6.45) is 0.0168. The van der Waals surface area contributed by atoms with E-state index < -0.39 is 0 Å². The standard InChI is InChI=1S/C8H11ClN2O2/c1-5(2)13-8-10-6(9)4-7(11-8)12-3/h4-5H,1-3H3. The Bertz CT molecular complexity index is 291. The van der Waals surface area contributed by atoms with Crippen LogP contribution in [-0.2, 0) is 0 Å². The summed E-state index contributed by atoms with van der Waals surface area (Å²) >= 11 is 5.70. The summed E-state index contributed by atoms with van der Waals surface area (Å²) in [6.45, 7) is 3.77. The first-order valence-corrected chi connectivity index (χ1v) is 4.25. The van der Waals surface area contributed by atoms with Gasteiger partial charge >= 0.3 is 6.01 Å². The number of methoxy groups -OCH3 is 1. The molecule has 1 aromatic rings. The molecule has 5 heteroatoms. The molecule has 0 aromatic carbocycles. The van der Waals surface area contributed by atoms with E-state index in [0.29, 0.717) is 11.0 Å². The average molecular weight is 203 g/mol. The molecule has 0 unspecified atom stereocenters. The Hall–Kier alpha value is -1.03. The summed E-state index contributed by atoms with van der Waals surface area (Å²) in [7, 11) is 1.51. The van der Waals surface area contributed by atoms with Crippen molar-refractivity contribution in [3.05, 3.63) is 11.2 Å². The van der Waals surface area contributed by atoms with Gasteiger partial charge in [-0.1, -0.05) is 11.6 Å². The molecule has 0 saturated carbocycles. The second kappa shape index (κ2) is 4.28. The van der Waals surface area contributed by atoms with Crippen LogP contribution in [0.3, 0.4) is 0 Å². The Labute approximate surface area is 81.9 Å². The lowest BCUT2D eigenvalue weighted by Gasteiger charge is -2.08. The van der Waals surface area contributed by atoms with Gasteiger partial charge in [0.05, 0.1) is 13.2 Å².